The van der Waals surface area contributed by atoms with Crippen LogP contribution in [0.1, 0.15) is 23.6 Å². The average Bonchev–Trinajstić information content (AvgIpc) is 3.32. The molecule has 8 heteroatoms. The molecule has 1 aliphatic rings. The van der Waals surface area contributed by atoms with Crippen LogP contribution in [0.3, 0.4) is 0 Å². The molecule has 0 aromatic heterocycles. The van der Waals surface area contributed by atoms with E-state index in [9.17, 15) is 10.1 Å². The summed E-state index contributed by atoms with van der Waals surface area (Å²) in [6.45, 7) is 4.65. The number of fused-ring (bicyclic) bond motifs is 1. The quantitative estimate of drug-likeness (QED) is 0.312. The second-order valence-electron chi connectivity index (χ2n) is 7.70. The molecule has 0 spiro atoms. The van der Waals surface area contributed by atoms with Crippen molar-refractivity contribution in [2.24, 2.45) is 0 Å². The second kappa shape index (κ2) is 10.9. The van der Waals surface area contributed by atoms with Gasteiger partial charge in [-0.15, -0.1) is 0 Å². The van der Waals surface area contributed by atoms with Crippen LogP contribution < -0.4 is 24.3 Å². The molecule has 178 valence electrons. The molecule has 0 fully saturated rings. The molecular formula is C27H23ClN2O5. The molecule has 1 heterocycles. The first-order valence-corrected chi connectivity index (χ1v) is 11.3. The summed E-state index contributed by atoms with van der Waals surface area (Å²) in [5, 5.41) is 12.8. The van der Waals surface area contributed by atoms with Gasteiger partial charge in [-0.3, -0.25) is 4.79 Å². The summed E-state index contributed by atoms with van der Waals surface area (Å²) in [4.78, 5) is 12.7. The topological polar surface area (TPSA) is 89.8 Å². The van der Waals surface area contributed by atoms with E-state index in [1.165, 1.54) is 6.08 Å². The fourth-order valence-electron chi connectivity index (χ4n) is 3.43. The summed E-state index contributed by atoms with van der Waals surface area (Å²) in [5.41, 5.74) is 2.87. The third-order valence-electron chi connectivity index (χ3n) is 5.22. The fraction of sp³-hybridized carbons (Fsp3) is 0.185. The highest BCUT2D eigenvalue weighted by molar-refractivity contribution is 6.31. The van der Waals surface area contributed by atoms with Crippen molar-refractivity contribution in [3.05, 3.63) is 81.9 Å². The minimum atomic E-state index is -0.529. The van der Waals surface area contributed by atoms with Crippen molar-refractivity contribution in [1.29, 1.82) is 5.26 Å². The van der Waals surface area contributed by atoms with E-state index >= 15 is 0 Å². The smallest absolute Gasteiger partial charge is 0.266 e. The highest BCUT2D eigenvalue weighted by Crippen LogP contribution is 2.34. The van der Waals surface area contributed by atoms with Gasteiger partial charge in [0.25, 0.3) is 5.91 Å². The Bertz CT molecular complexity index is 1330. The lowest BCUT2D eigenvalue weighted by atomic mass is 10.1. The Labute approximate surface area is 208 Å². The number of hydrogen-bond acceptors (Lipinski definition) is 6. The van der Waals surface area contributed by atoms with Gasteiger partial charge in [-0.05, 0) is 73.0 Å². The number of amides is 1. The predicted molar refractivity (Wildman–Crippen MR) is 133 cm³/mol. The zero-order valence-corrected chi connectivity index (χ0v) is 20.0. The molecule has 0 aliphatic carbocycles. The van der Waals surface area contributed by atoms with Gasteiger partial charge in [0.05, 0.1) is 6.61 Å². The van der Waals surface area contributed by atoms with Gasteiger partial charge >= 0.3 is 0 Å². The molecule has 1 amide bonds. The normalized spacial score (nSPS) is 12.1. The highest BCUT2D eigenvalue weighted by Gasteiger charge is 2.15. The summed E-state index contributed by atoms with van der Waals surface area (Å²) in [5.74, 6) is 1.91. The Morgan fingerprint density at radius 2 is 1.91 bits per heavy atom. The van der Waals surface area contributed by atoms with E-state index in [1.54, 1.807) is 36.4 Å². The molecule has 0 radical (unpaired) electrons. The van der Waals surface area contributed by atoms with Crippen LogP contribution in [0.5, 0.6) is 23.0 Å². The van der Waals surface area contributed by atoms with Crippen molar-refractivity contribution >= 4 is 29.3 Å². The molecule has 0 bridgehead atoms. The molecule has 0 saturated heterocycles. The number of carbonyl (C=O) groups is 1. The molecule has 35 heavy (non-hydrogen) atoms. The van der Waals surface area contributed by atoms with E-state index < -0.39 is 5.91 Å². The molecule has 0 saturated carbocycles. The first-order valence-electron chi connectivity index (χ1n) is 10.9. The number of anilines is 1. The number of nitriles is 1. The third-order valence-corrected chi connectivity index (χ3v) is 5.46. The third kappa shape index (κ3) is 5.86. The lowest BCUT2D eigenvalue weighted by Gasteiger charge is -2.13. The van der Waals surface area contributed by atoms with Crippen molar-refractivity contribution in [1.82, 2.24) is 0 Å². The second-order valence-corrected chi connectivity index (χ2v) is 8.14. The predicted octanol–water partition coefficient (Wildman–Crippen LogP) is 5.90. The summed E-state index contributed by atoms with van der Waals surface area (Å²) in [7, 11) is 0. The summed E-state index contributed by atoms with van der Waals surface area (Å²) in [6.07, 6.45) is 1.50. The molecule has 4 rings (SSSR count). The summed E-state index contributed by atoms with van der Waals surface area (Å²) < 4.78 is 22.5. The van der Waals surface area contributed by atoms with Gasteiger partial charge in [-0.2, -0.15) is 5.26 Å². The van der Waals surface area contributed by atoms with Crippen molar-refractivity contribution < 1.29 is 23.7 Å². The van der Waals surface area contributed by atoms with Crippen LogP contribution in [0.2, 0.25) is 5.02 Å². The number of ether oxygens (including phenoxy) is 4. The number of nitrogens with one attached hydrogen (secondary N) is 1. The first-order chi connectivity index (χ1) is 17.0. The number of aryl methyl sites for hydroxylation is 1. The minimum Gasteiger partial charge on any atom is -0.490 e. The van der Waals surface area contributed by atoms with Crippen LogP contribution in [0.4, 0.5) is 5.69 Å². The van der Waals surface area contributed by atoms with Gasteiger partial charge in [0, 0.05) is 10.7 Å². The fourth-order valence-corrected chi connectivity index (χ4v) is 3.60. The van der Waals surface area contributed by atoms with Crippen LogP contribution in [-0.4, -0.2) is 19.3 Å². The first kappa shape index (κ1) is 24.0. The van der Waals surface area contributed by atoms with Crippen LogP contribution in [0.15, 0.2) is 60.2 Å². The zero-order valence-electron chi connectivity index (χ0n) is 19.3. The lowest BCUT2D eigenvalue weighted by Crippen LogP contribution is -2.14. The van der Waals surface area contributed by atoms with Gasteiger partial charge < -0.3 is 24.3 Å². The number of halogens is 1. The molecule has 1 N–H and O–H groups in total. The van der Waals surface area contributed by atoms with Gasteiger partial charge in [-0.1, -0.05) is 29.8 Å². The van der Waals surface area contributed by atoms with Crippen molar-refractivity contribution in [2.75, 3.05) is 18.7 Å². The molecule has 3 aromatic rings. The molecule has 3 aromatic carbocycles. The Hall–Kier alpha value is -4.15. The summed E-state index contributed by atoms with van der Waals surface area (Å²) >= 11 is 6.03. The lowest BCUT2D eigenvalue weighted by molar-refractivity contribution is -0.112. The number of hydrogen-bond donors (Lipinski definition) is 1. The summed E-state index contributed by atoms with van der Waals surface area (Å²) in [6, 6.07) is 18.0. The van der Waals surface area contributed by atoms with Crippen LogP contribution >= 0.6 is 11.6 Å². The van der Waals surface area contributed by atoms with E-state index in [0.29, 0.717) is 52.5 Å². The number of nitrogens with zero attached hydrogens (tertiary/aromatic N) is 1. The molecule has 0 atom stereocenters. The maximum absolute atomic E-state index is 12.7. The van der Waals surface area contributed by atoms with Gasteiger partial charge in [0.2, 0.25) is 6.79 Å². The van der Waals surface area contributed by atoms with Gasteiger partial charge in [-0.25, -0.2) is 0 Å². The van der Waals surface area contributed by atoms with E-state index in [0.717, 1.165) is 11.1 Å². The standard InChI is InChI=1S/C27H23ClN2O5/c1-3-32-25-11-18(10-20(14-29)27(31)30-22-13-21(28)7-4-17(22)2)5-8-23(25)33-15-19-6-9-24-26(12-19)35-16-34-24/h4-13H,3,15-16H2,1-2H3,(H,30,31)/b20-10+. The maximum atomic E-state index is 12.7. The van der Waals surface area contributed by atoms with Crippen LogP contribution in [0.25, 0.3) is 6.08 Å². The largest absolute Gasteiger partial charge is 0.490 e. The average molecular weight is 491 g/mol. The molecule has 0 unspecified atom stereocenters. The van der Waals surface area contributed by atoms with E-state index in [4.69, 9.17) is 30.5 Å². The Morgan fingerprint density at radius 3 is 2.71 bits per heavy atom. The van der Waals surface area contributed by atoms with Crippen molar-refractivity contribution in [3.63, 3.8) is 0 Å². The Kier molecular flexibility index (Phi) is 7.44. The van der Waals surface area contributed by atoms with Gasteiger partial charge in [0.15, 0.2) is 23.0 Å². The Balaban J connectivity index is 1.51. The zero-order chi connectivity index (χ0) is 24.8. The van der Waals surface area contributed by atoms with Gasteiger partial charge in [0.1, 0.15) is 18.2 Å². The SMILES string of the molecule is CCOc1cc(/C=C(\C#N)C(=O)Nc2cc(Cl)ccc2C)ccc1OCc1ccc2c(c1)OCO2. The van der Waals surface area contributed by atoms with E-state index in [2.05, 4.69) is 5.32 Å². The number of benzene rings is 3. The van der Waals surface area contributed by atoms with E-state index in [1.807, 2.05) is 38.1 Å². The molecular weight excluding hydrogens is 468 g/mol. The maximum Gasteiger partial charge on any atom is 0.266 e. The van der Waals surface area contributed by atoms with E-state index in [-0.39, 0.29) is 12.4 Å². The van der Waals surface area contributed by atoms with Crippen molar-refractivity contribution in [2.45, 2.75) is 20.5 Å². The van der Waals surface area contributed by atoms with Crippen LogP contribution in [-0.2, 0) is 11.4 Å². The Morgan fingerprint density at radius 1 is 1.09 bits per heavy atom. The number of rotatable bonds is 8. The highest BCUT2D eigenvalue weighted by atomic mass is 35.5. The minimum absolute atomic E-state index is 0.0548. The molecule has 1 aliphatic heterocycles. The monoisotopic (exact) mass is 490 g/mol. The van der Waals surface area contributed by atoms with Crippen molar-refractivity contribution in [3.8, 4) is 29.1 Å². The number of carbonyl (C=O) groups excluding carboxylic acids is 1. The van der Waals surface area contributed by atoms with Crippen LogP contribution in [0, 0.1) is 18.3 Å². The molecule has 7 nitrogen and oxygen atoms in total.